The SMILES string of the molecule is CCC(CC)c1cc(CNC(=O)c2cnn(C(C)(C)C)c2)on1. The third kappa shape index (κ3) is 4.21. The van der Waals surface area contributed by atoms with Crippen LogP contribution in [0.3, 0.4) is 0 Å². The molecule has 0 aliphatic heterocycles. The summed E-state index contributed by atoms with van der Waals surface area (Å²) >= 11 is 0. The molecule has 0 unspecified atom stereocenters. The zero-order valence-electron chi connectivity index (χ0n) is 14.6. The summed E-state index contributed by atoms with van der Waals surface area (Å²) in [6.45, 7) is 10.7. The molecule has 6 heteroatoms. The van der Waals surface area contributed by atoms with Crippen LogP contribution >= 0.6 is 0 Å². The van der Waals surface area contributed by atoms with Gasteiger partial charge in [-0.3, -0.25) is 9.48 Å². The largest absolute Gasteiger partial charge is 0.359 e. The molecule has 6 nitrogen and oxygen atoms in total. The fourth-order valence-corrected chi connectivity index (χ4v) is 2.39. The quantitative estimate of drug-likeness (QED) is 0.885. The van der Waals surface area contributed by atoms with Gasteiger partial charge in [-0.1, -0.05) is 19.0 Å². The third-order valence-electron chi connectivity index (χ3n) is 3.94. The average molecular weight is 318 g/mol. The Labute approximate surface area is 137 Å². The molecule has 0 spiro atoms. The summed E-state index contributed by atoms with van der Waals surface area (Å²) in [6.07, 6.45) is 5.39. The van der Waals surface area contributed by atoms with Crippen LogP contribution in [0.15, 0.2) is 23.0 Å². The Hall–Kier alpha value is -2.11. The summed E-state index contributed by atoms with van der Waals surface area (Å²) in [5, 5.41) is 11.2. The summed E-state index contributed by atoms with van der Waals surface area (Å²) in [5.41, 5.74) is 1.35. The van der Waals surface area contributed by atoms with Crippen molar-refractivity contribution in [3.8, 4) is 0 Å². The highest BCUT2D eigenvalue weighted by Crippen LogP contribution is 2.22. The number of nitrogens with zero attached hydrogens (tertiary/aromatic N) is 3. The van der Waals surface area contributed by atoms with Crippen molar-refractivity contribution >= 4 is 5.91 Å². The van der Waals surface area contributed by atoms with Crippen LogP contribution < -0.4 is 5.32 Å². The van der Waals surface area contributed by atoms with Gasteiger partial charge in [-0.05, 0) is 33.6 Å². The van der Waals surface area contributed by atoms with Gasteiger partial charge in [0.05, 0.1) is 29.5 Å². The standard InChI is InChI=1S/C17H26N4O2/c1-6-12(7-2)15-8-14(23-20-15)10-18-16(22)13-9-19-21(11-13)17(3,4)5/h8-9,11-12H,6-7,10H2,1-5H3,(H,18,22). The van der Waals surface area contributed by atoms with E-state index in [9.17, 15) is 4.79 Å². The smallest absolute Gasteiger partial charge is 0.254 e. The van der Waals surface area contributed by atoms with Crippen LogP contribution in [0.4, 0.5) is 0 Å². The van der Waals surface area contributed by atoms with Gasteiger partial charge in [0.2, 0.25) is 0 Å². The van der Waals surface area contributed by atoms with Gasteiger partial charge in [-0.15, -0.1) is 0 Å². The minimum Gasteiger partial charge on any atom is -0.359 e. The van der Waals surface area contributed by atoms with Crippen molar-refractivity contribution in [1.82, 2.24) is 20.3 Å². The molecule has 1 N–H and O–H groups in total. The molecule has 0 atom stereocenters. The number of hydrogen-bond acceptors (Lipinski definition) is 4. The summed E-state index contributed by atoms with van der Waals surface area (Å²) in [4.78, 5) is 12.2. The number of aromatic nitrogens is 3. The van der Waals surface area contributed by atoms with Crippen molar-refractivity contribution < 1.29 is 9.32 Å². The van der Waals surface area contributed by atoms with Crippen molar-refractivity contribution in [2.24, 2.45) is 0 Å². The average Bonchev–Trinajstić information content (AvgIpc) is 3.15. The molecule has 0 saturated heterocycles. The highest BCUT2D eigenvalue weighted by atomic mass is 16.5. The van der Waals surface area contributed by atoms with E-state index in [-0.39, 0.29) is 11.4 Å². The first-order valence-corrected chi connectivity index (χ1v) is 8.14. The Morgan fingerprint density at radius 3 is 2.61 bits per heavy atom. The van der Waals surface area contributed by atoms with Crippen LogP contribution in [0.1, 0.15) is 75.2 Å². The van der Waals surface area contributed by atoms with Gasteiger partial charge in [-0.2, -0.15) is 5.10 Å². The van der Waals surface area contributed by atoms with E-state index in [4.69, 9.17) is 4.52 Å². The Bertz CT molecular complexity index is 648. The Balaban J connectivity index is 1.95. The molecule has 126 valence electrons. The van der Waals surface area contributed by atoms with Crippen molar-refractivity contribution in [3.05, 3.63) is 35.5 Å². The molecular formula is C17H26N4O2. The van der Waals surface area contributed by atoms with E-state index in [1.54, 1.807) is 17.1 Å². The molecule has 23 heavy (non-hydrogen) atoms. The second kappa shape index (κ2) is 6.98. The highest BCUT2D eigenvalue weighted by Gasteiger charge is 2.17. The van der Waals surface area contributed by atoms with Crippen LogP contribution in [-0.4, -0.2) is 20.8 Å². The Kier molecular flexibility index (Phi) is 5.23. The molecule has 0 radical (unpaired) electrons. The topological polar surface area (TPSA) is 73.0 Å². The van der Waals surface area contributed by atoms with Crippen LogP contribution in [-0.2, 0) is 12.1 Å². The van der Waals surface area contributed by atoms with E-state index in [2.05, 4.69) is 29.4 Å². The van der Waals surface area contributed by atoms with Gasteiger partial charge in [0, 0.05) is 18.2 Å². The Morgan fingerprint density at radius 1 is 1.35 bits per heavy atom. The highest BCUT2D eigenvalue weighted by molar-refractivity contribution is 5.93. The molecule has 0 saturated carbocycles. The second-order valence-corrected chi connectivity index (χ2v) is 6.76. The van der Waals surface area contributed by atoms with Crippen LogP contribution in [0.2, 0.25) is 0 Å². The van der Waals surface area contributed by atoms with Crippen LogP contribution in [0.25, 0.3) is 0 Å². The number of amides is 1. The molecule has 2 rings (SSSR count). The van der Waals surface area contributed by atoms with Gasteiger partial charge in [0.15, 0.2) is 5.76 Å². The maximum Gasteiger partial charge on any atom is 0.254 e. The predicted octanol–water partition coefficient (Wildman–Crippen LogP) is 3.46. The summed E-state index contributed by atoms with van der Waals surface area (Å²) in [7, 11) is 0. The van der Waals surface area contributed by atoms with Gasteiger partial charge in [-0.25, -0.2) is 0 Å². The monoisotopic (exact) mass is 318 g/mol. The van der Waals surface area contributed by atoms with E-state index in [0.29, 0.717) is 23.8 Å². The second-order valence-electron chi connectivity index (χ2n) is 6.76. The van der Waals surface area contributed by atoms with Gasteiger partial charge < -0.3 is 9.84 Å². The maximum absolute atomic E-state index is 12.2. The summed E-state index contributed by atoms with van der Waals surface area (Å²) < 4.78 is 7.09. The summed E-state index contributed by atoms with van der Waals surface area (Å²) in [6, 6.07) is 1.93. The van der Waals surface area contributed by atoms with E-state index < -0.39 is 0 Å². The zero-order chi connectivity index (χ0) is 17.0. The maximum atomic E-state index is 12.2. The normalized spacial score (nSPS) is 11.9. The predicted molar refractivity (Wildman–Crippen MR) is 88.2 cm³/mol. The number of nitrogens with one attached hydrogen (secondary N) is 1. The fourth-order valence-electron chi connectivity index (χ4n) is 2.39. The molecule has 0 aromatic carbocycles. The van der Waals surface area contributed by atoms with Gasteiger partial charge in [0.1, 0.15) is 0 Å². The first-order valence-electron chi connectivity index (χ1n) is 8.14. The van der Waals surface area contributed by atoms with Crippen LogP contribution in [0.5, 0.6) is 0 Å². The van der Waals surface area contributed by atoms with Gasteiger partial charge in [0.25, 0.3) is 5.91 Å². The lowest BCUT2D eigenvalue weighted by molar-refractivity contribution is 0.0947. The van der Waals surface area contributed by atoms with Crippen molar-refractivity contribution in [1.29, 1.82) is 0 Å². The number of rotatable bonds is 6. The first-order chi connectivity index (χ1) is 10.8. The minimum atomic E-state index is -0.166. The molecule has 0 bridgehead atoms. The molecule has 0 aliphatic carbocycles. The van der Waals surface area contributed by atoms with Crippen molar-refractivity contribution in [2.75, 3.05) is 0 Å². The molecule has 2 aromatic rings. The van der Waals surface area contributed by atoms with Crippen molar-refractivity contribution in [3.63, 3.8) is 0 Å². The summed E-state index contributed by atoms with van der Waals surface area (Å²) in [5.74, 6) is 0.915. The molecule has 0 fully saturated rings. The molecular weight excluding hydrogens is 292 g/mol. The number of carbonyl (C=O) groups is 1. The van der Waals surface area contributed by atoms with E-state index in [1.807, 2.05) is 26.8 Å². The van der Waals surface area contributed by atoms with E-state index in [0.717, 1.165) is 18.5 Å². The minimum absolute atomic E-state index is 0.145. The lowest BCUT2D eigenvalue weighted by Gasteiger charge is -2.18. The lowest BCUT2D eigenvalue weighted by Crippen LogP contribution is -2.24. The Morgan fingerprint density at radius 2 is 2.04 bits per heavy atom. The first kappa shape index (κ1) is 17.2. The van der Waals surface area contributed by atoms with Crippen molar-refractivity contribution in [2.45, 2.75) is 65.5 Å². The van der Waals surface area contributed by atoms with Crippen LogP contribution in [0, 0.1) is 0 Å². The molecule has 2 heterocycles. The van der Waals surface area contributed by atoms with Gasteiger partial charge >= 0.3 is 0 Å². The molecule has 2 aromatic heterocycles. The number of carbonyl (C=O) groups excluding carboxylic acids is 1. The van der Waals surface area contributed by atoms with E-state index in [1.165, 1.54) is 0 Å². The molecule has 1 amide bonds. The van der Waals surface area contributed by atoms with E-state index >= 15 is 0 Å². The lowest BCUT2D eigenvalue weighted by atomic mass is 9.99. The number of hydrogen-bond donors (Lipinski definition) is 1. The third-order valence-corrected chi connectivity index (χ3v) is 3.94. The molecule has 0 aliphatic rings. The fraction of sp³-hybridized carbons (Fsp3) is 0.588. The zero-order valence-corrected chi connectivity index (χ0v) is 14.6.